The van der Waals surface area contributed by atoms with Crippen LogP contribution < -0.4 is 15.4 Å². The third-order valence-corrected chi connectivity index (χ3v) is 4.77. The molecule has 0 bridgehead atoms. The molecule has 1 fully saturated rings. The van der Waals surface area contributed by atoms with E-state index in [-0.39, 0.29) is 17.8 Å². The minimum Gasteiger partial charge on any atom is -0.484 e. The molecule has 27 heavy (non-hydrogen) atoms. The Morgan fingerprint density at radius 2 is 1.96 bits per heavy atom. The lowest BCUT2D eigenvalue weighted by atomic mass is 10.1. The van der Waals surface area contributed by atoms with E-state index in [1.165, 1.54) is 0 Å². The topological polar surface area (TPSA) is 84.5 Å². The van der Waals surface area contributed by atoms with Gasteiger partial charge in [-0.2, -0.15) is 0 Å². The average Bonchev–Trinajstić information content (AvgIpc) is 2.94. The molecule has 0 aromatic heterocycles. The van der Waals surface area contributed by atoms with E-state index in [9.17, 15) is 14.4 Å². The van der Waals surface area contributed by atoms with Gasteiger partial charge in [0, 0.05) is 5.69 Å². The van der Waals surface area contributed by atoms with Gasteiger partial charge in [0.15, 0.2) is 6.61 Å². The minimum absolute atomic E-state index is 0.138. The summed E-state index contributed by atoms with van der Waals surface area (Å²) in [6.45, 7) is 3.86. The maximum Gasteiger partial charge on any atom is 0.290 e. The number of rotatable bonds is 5. The molecule has 0 spiro atoms. The van der Waals surface area contributed by atoms with Gasteiger partial charge in [0.1, 0.15) is 5.75 Å². The van der Waals surface area contributed by atoms with Crippen LogP contribution in [0.15, 0.2) is 47.4 Å². The summed E-state index contributed by atoms with van der Waals surface area (Å²) in [4.78, 5) is 35.2. The van der Waals surface area contributed by atoms with Gasteiger partial charge in [-0.25, -0.2) is 0 Å². The van der Waals surface area contributed by atoms with Gasteiger partial charge in [-0.3, -0.25) is 19.7 Å². The van der Waals surface area contributed by atoms with Gasteiger partial charge >= 0.3 is 0 Å². The van der Waals surface area contributed by atoms with Crippen LogP contribution in [0.1, 0.15) is 16.7 Å². The number of ether oxygens (including phenoxy) is 1. The zero-order valence-electron chi connectivity index (χ0n) is 14.9. The van der Waals surface area contributed by atoms with Crippen LogP contribution in [0, 0.1) is 13.8 Å². The van der Waals surface area contributed by atoms with Crippen LogP contribution in [0.4, 0.5) is 10.5 Å². The lowest BCUT2D eigenvalue weighted by Gasteiger charge is -2.09. The van der Waals surface area contributed by atoms with Crippen molar-refractivity contribution < 1.29 is 19.1 Å². The van der Waals surface area contributed by atoms with Gasteiger partial charge < -0.3 is 10.1 Å². The molecule has 1 heterocycles. The summed E-state index contributed by atoms with van der Waals surface area (Å²) in [5.74, 6) is -0.184. The maximum atomic E-state index is 12.1. The Morgan fingerprint density at radius 1 is 1.15 bits per heavy atom. The Kier molecular flexibility index (Phi) is 5.61. The first kappa shape index (κ1) is 18.7. The molecule has 0 radical (unpaired) electrons. The molecule has 1 aliphatic rings. The van der Waals surface area contributed by atoms with Crippen molar-refractivity contribution in [3.8, 4) is 5.75 Å². The molecular formula is C20H18N2O4S. The second-order valence-corrected chi connectivity index (χ2v) is 7.08. The zero-order chi connectivity index (χ0) is 19.4. The van der Waals surface area contributed by atoms with Crippen molar-refractivity contribution in [1.82, 2.24) is 5.32 Å². The smallest absolute Gasteiger partial charge is 0.290 e. The number of benzene rings is 2. The standard InChI is InChI=1S/C20H18N2O4S/c1-12-6-7-15(8-13(12)2)21-18(23)11-26-16-5-3-4-14(9-16)10-17-19(24)22-20(25)27-17/h3-10H,11H2,1-2H3,(H,21,23)(H,22,24,25)/b17-10+. The number of anilines is 1. The van der Waals surface area contributed by atoms with Gasteiger partial charge in [0.2, 0.25) is 0 Å². The highest BCUT2D eigenvalue weighted by Crippen LogP contribution is 2.26. The predicted molar refractivity (Wildman–Crippen MR) is 106 cm³/mol. The fourth-order valence-electron chi connectivity index (χ4n) is 2.43. The molecule has 2 aromatic rings. The third kappa shape index (κ3) is 4.98. The van der Waals surface area contributed by atoms with E-state index in [1.54, 1.807) is 30.3 Å². The fourth-order valence-corrected chi connectivity index (χ4v) is 3.11. The van der Waals surface area contributed by atoms with Crippen LogP contribution in [-0.4, -0.2) is 23.7 Å². The fraction of sp³-hybridized carbons (Fsp3) is 0.150. The van der Waals surface area contributed by atoms with Gasteiger partial charge in [0.05, 0.1) is 4.91 Å². The lowest BCUT2D eigenvalue weighted by Crippen LogP contribution is -2.20. The normalized spacial score (nSPS) is 15.0. The van der Waals surface area contributed by atoms with Crippen molar-refractivity contribution in [2.75, 3.05) is 11.9 Å². The number of amides is 3. The van der Waals surface area contributed by atoms with Crippen LogP contribution in [0.3, 0.4) is 0 Å². The molecule has 1 saturated heterocycles. The number of thioether (sulfide) groups is 1. The monoisotopic (exact) mass is 382 g/mol. The molecule has 1 aliphatic heterocycles. The summed E-state index contributed by atoms with van der Waals surface area (Å²) in [5, 5.41) is 4.61. The lowest BCUT2D eigenvalue weighted by molar-refractivity contribution is -0.118. The summed E-state index contributed by atoms with van der Waals surface area (Å²) in [6, 6.07) is 12.7. The average molecular weight is 382 g/mol. The number of aryl methyl sites for hydroxylation is 2. The molecule has 6 nitrogen and oxygen atoms in total. The molecule has 0 saturated carbocycles. The second kappa shape index (κ2) is 8.09. The summed E-state index contributed by atoms with van der Waals surface area (Å²) in [6.07, 6.45) is 1.60. The maximum absolute atomic E-state index is 12.1. The van der Waals surface area contributed by atoms with Crippen molar-refractivity contribution in [3.05, 3.63) is 64.1 Å². The molecule has 3 rings (SSSR count). The third-order valence-electron chi connectivity index (χ3n) is 3.96. The minimum atomic E-state index is -0.413. The van der Waals surface area contributed by atoms with E-state index in [0.717, 1.165) is 28.6 Å². The number of imide groups is 1. The van der Waals surface area contributed by atoms with Crippen molar-refractivity contribution in [2.45, 2.75) is 13.8 Å². The quantitative estimate of drug-likeness (QED) is 0.771. The predicted octanol–water partition coefficient (Wildman–Crippen LogP) is 3.64. The van der Waals surface area contributed by atoms with E-state index in [4.69, 9.17) is 4.74 Å². The first-order valence-electron chi connectivity index (χ1n) is 8.25. The molecule has 0 aliphatic carbocycles. The van der Waals surface area contributed by atoms with E-state index in [2.05, 4.69) is 10.6 Å². The highest BCUT2D eigenvalue weighted by atomic mass is 32.2. The van der Waals surface area contributed by atoms with Crippen LogP contribution in [0.5, 0.6) is 5.75 Å². The number of carbonyl (C=O) groups is 3. The molecule has 0 atom stereocenters. The highest BCUT2D eigenvalue weighted by molar-refractivity contribution is 8.18. The van der Waals surface area contributed by atoms with Crippen molar-refractivity contribution in [1.29, 1.82) is 0 Å². The Hall–Kier alpha value is -3.06. The molecule has 2 aromatic carbocycles. The van der Waals surface area contributed by atoms with E-state index >= 15 is 0 Å². The van der Waals surface area contributed by atoms with Crippen LogP contribution in [0.2, 0.25) is 0 Å². The Labute approximate surface area is 161 Å². The van der Waals surface area contributed by atoms with E-state index < -0.39 is 5.91 Å². The van der Waals surface area contributed by atoms with E-state index in [0.29, 0.717) is 16.2 Å². The van der Waals surface area contributed by atoms with Crippen molar-refractivity contribution >= 4 is 40.6 Å². The van der Waals surface area contributed by atoms with Crippen molar-refractivity contribution in [2.24, 2.45) is 0 Å². The first-order valence-corrected chi connectivity index (χ1v) is 9.07. The molecule has 2 N–H and O–H groups in total. The number of hydrogen-bond acceptors (Lipinski definition) is 5. The molecule has 3 amide bonds. The number of hydrogen-bond donors (Lipinski definition) is 2. The summed E-state index contributed by atoms with van der Waals surface area (Å²) < 4.78 is 5.53. The summed E-state index contributed by atoms with van der Waals surface area (Å²) in [5.41, 5.74) is 3.68. The van der Waals surface area contributed by atoms with Gasteiger partial charge in [-0.15, -0.1) is 0 Å². The Morgan fingerprint density at radius 3 is 2.67 bits per heavy atom. The summed E-state index contributed by atoms with van der Waals surface area (Å²) >= 11 is 0.853. The molecule has 0 unspecified atom stereocenters. The largest absolute Gasteiger partial charge is 0.484 e. The number of nitrogens with one attached hydrogen (secondary N) is 2. The van der Waals surface area contributed by atoms with Gasteiger partial charge in [-0.05, 0) is 72.6 Å². The van der Waals surface area contributed by atoms with Crippen LogP contribution in [0.25, 0.3) is 6.08 Å². The Bertz CT molecular complexity index is 953. The van der Waals surface area contributed by atoms with Crippen LogP contribution in [-0.2, 0) is 9.59 Å². The van der Waals surface area contributed by atoms with Crippen LogP contribution >= 0.6 is 11.8 Å². The molecular weight excluding hydrogens is 364 g/mol. The SMILES string of the molecule is Cc1ccc(NC(=O)COc2cccc(/C=C3/SC(=O)NC3=O)c2)cc1C. The zero-order valence-corrected chi connectivity index (χ0v) is 15.7. The van der Waals surface area contributed by atoms with E-state index in [1.807, 2.05) is 32.0 Å². The summed E-state index contributed by atoms with van der Waals surface area (Å²) in [7, 11) is 0. The highest BCUT2D eigenvalue weighted by Gasteiger charge is 2.24. The van der Waals surface area contributed by atoms with Gasteiger partial charge in [-0.1, -0.05) is 18.2 Å². The second-order valence-electron chi connectivity index (χ2n) is 6.06. The molecule has 138 valence electrons. The van der Waals surface area contributed by atoms with Crippen molar-refractivity contribution in [3.63, 3.8) is 0 Å². The Balaban J connectivity index is 1.60. The number of carbonyl (C=O) groups excluding carboxylic acids is 3. The van der Waals surface area contributed by atoms with Gasteiger partial charge in [0.25, 0.3) is 17.1 Å². The molecule has 7 heteroatoms. The first-order chi connectivity index (χ1) is 12.9.